The monoisotopic (exact) mass is 273 g/mol. The van der Waals surface area contributed by atoms with E-state index in [4.69, 9.17) is 9.52 Å². The smallest absolute Gasteiger partial charge is 0.303 e. The lowest BCUT2D eigenvalue weighted by molar-refractivity contribution is -0.137. The Kier molecular flexibility index (Phi) is 3.74. The molecule has 20 heavy (non-hydrogen) atoms. The van der Waals surface area contributed by atoms with E-state index in [0.717, 1.165) is 38.1 Å². The highest BCUT2D eigenvalue weighted by Crippen LogP contribution is 2.26. The molecule has 1 N–H and O–H groups in total. The van der Waals surface area contributed by atoms with Gasteiger partial charge in [0.2, 0.25) is 0 Å². The van der Waals surface area contributed by atoms with E-state index in [2.05, 4.69) is 11.0 Å². The Morgan fingerprint density at radius 1 is 1.40 bits per heavy atom. The van der Waals surface area contributed by atoms with Crippen LogP contribution in [0, 0.1) is 5.92 Å². The standard InChI is InChI=1S/C16H19NO3/c18-16(19)6-5-12-7-8-17(9-12)10-13-11-20-15-4-2-1-3-14(13)15/h1-4,11-12H,5-10H2,(H,18,19). The first-order valence-corrected chi connectivity index (χ1v) is 7.11. The van der Waals surface area contributed by atoms with Crippen molar-refractivity contribution in [1.82, 2.24) is 4.90 Å². The van der Waals surface area contributed by atoms with Gasteiger partial charge in [0.25, 0.3) is 0 Å². The summed E-state index contributed by atoms with van der Waals surface area (Å²) in [6.45, 7) is 2.93. The molecule has 106 valence electrons. The molecule has 1 atom stereocenters. The van der Waals surface area contributed by atoms with Crippen molar-refractivity contribution >= 4 is 16.9 Å². The molecule has 0 bridgehead atoms. The Morgan fingerprint density at radius 3 is 3.10 bits per heavy atom. The van der Waals surface area contributed by atoms with E-state index in [1.165, 1.54) is 10.9 Å². The number of likely N-dealkylation sites (tertiary alicyclic amines) is 1. The van der Waals surface area contributed by atoms with Crippen molar-refractivity contribution in [3.05, 3.63) is 36.1 Å². The van der Waals surface area contributed by atoms with E-state index in [-0.39, 0.29) is 6.42 Å². The minimum absolute atomic E-state index is 0.285. The zero-order valence-corrected chi connectivity index (χ0v) is 11.4. The highest BCUT2D eigenvalue weighted by atomic mass is 16.4. The molecular formula is C16H19NO3. The Morgan fingerprint density at radius 2 is 2.25 bits per heavy atom. The van der Waals surface area contributed by atoms with E-state index >= 15 is 0 Å². The van der Waals surface area contributed by atoms with Crippen molar-refractivity contribution < 1.29 is 14.3 Å². The number of nitrogens with zero attached hydrogens (tertiary/aromatic N) is 1. The lowest BCUT2D eigenvalue weighted by atomic mass is 10.0. The number of rotatable bonds is 5. The molecule has 2 aromatic rings. The highest BCUT2D eigenvalue weighted by Gasteiger charge is 2.23. The van der Waals surface area contributed by atoms with E-state index < -0.39 is 5.97 Å². The highest BCUT2D eigenvalue weighted by molar-refractivity contribution is 5.80. The molecule has 1 unspecified atom stereocenters. The van der Waals surface area contributed by atoms with Crippen molar-refractivity contribution in [2.24, 2.45) is 5.92 Å². The third-order valence-corrected chi connectivity index (χ3v) is 4.09. The second-order valence-electron chi connectivity index (χ2n) is 5.58. The number of carboxylic acid groups (broad SMARTS) is 1. The fourth-order valence-corrected chi connectivity index (χ4v) is 3.02. The van der Waals surface area contributed by atoms with Crippen LogP contribution in [0.2, 0.25) is 0 Å². The first-order chi connectivity index (χ1) is 9.72. The van der Waals surface area contributed by atoms with E-state index in [0.29, 0.717) is 5.92 Å². The summed E-state index contributed by atoms with van der Waals surface area (Å²) in [5.41, 5.74) is 2.16. The summed E-state index contributed by atoms with van der Waals surface area (Å²) in [5, 5.41) is 9.92. The number of aliphatic carboxylic acids is 1. The molecule has 1 aromatic heterocycles. The Hall–Kier alpha value is -1.81. The molecule has 1 aromatic carbocycles. The first-order valence-electron chi connectivity index (χ1n) is 7.11. The van der Waals surface area contributed by atoms with Gasteiger partial charge in [-0.1, -0.05) is 18.2 Å². The molecule has 4 heteroatoms. The third-order valence-electron chi connectivity index (χ3n) is 4.09. The zero-order chi connectivity index (χ0) is 13.9. The Bertz CT molecular complexity index is 605. The number of carboxylic acids is 1. The van der Waals surface area contributed by atoms with Gasteiger partial charge in [-0.15, -0.1) is 0 Å². The van der Waals surface area contributed by atoms with Gasteiger partial charge in [0, 0.05) is 30.5 Å². The Labute approximate surface area is 118 Å². The molecular weight excluding hydrogens is 254 g/mol. The number of hydrogen-bond acceptors (Lipinski definition) is 3. The van der Waals surface area contributed by atoms with Crippen LogP contribution in [0.5, 0.6) is 0 Å². The molecule has 3 rings (SSSR count). The second kappa shape index (κ2) is 5.67. The van der Waals surface area contributed by atoms with Crippen LogP contribution in [0.15, 0.2) is 34.9 Å². The number of hydrogen-bond donors (Lipinski definition) is 1. The molecule has 1 fully saturated rings. The molecule has 0 aliphatic carbocycles. The van der Waals surface area contributed by atoms with Crippen LogP contribution < -0.4 is 0 Å². The summed E-state index contributed by atoms with van der Waals surface area (Å²) >= 11 is 0. The molecule has 0 spiro atoms. The third kappa shape index (κ3) is 2.85. The molecule has 1 aliphatic rings. The maximum Gasteiger partial charge on any atom is 0.303 e. The Balaban J connectivity index is 1.60. The van der Waals surface area contributed by atoms with Crippen LogP contribution >= 0.6 is 0 Å². The topological polar surface area (TPSA) is 53.7 Å². The van der Waals surface area contributed by atoms with Crippen molar-refractivity contribution in [1.29, 1.82) is 0 Å². The average Bonchev–Trinajstić information content (AvgIpc) is 3.05. The van der Waals surface area contributed by atoms with Gasteiger partial charge in [-0.25, -0.2) is 0 Å². The maximum atomic E-state index is 10.6. The summed E-state index contributed by atoms with van der Waals surface area (Å²) in [4.78, 5) is 13.0. The van der Waals surface area contributed by atoms with Gasteiger partial charge in [0.1, 0.15) is 5.58 Å². The van der Waals surface area contributed by atoms with Crippen molar-refractivity contribution in [3.8, 4) is 0 Å². The summed E-state index contributed by atoms with van der Waals surface area (Å²) in [6, 6.07) is 8.08. The number of furan rings is 1. The summed E-state index contributed by atoms with van der Waals surface area (Å²) in [5.74, 6) is -0.173. The summed E-state index contributed by atoms with van der Waals surface area (Å²) in [7, 11) is 0. The van der Waals surface area contributed by atoms with Crippen LogP contribution in [0.1, 0.15) is 24.8 Å². The van der Waals surface area contributed by atoms with Crippen LogP contribution in [-0.2, 0) is 11.3 Å². The number of carbonyl (C=O) groups is 1. The molecule has 2 heterocycles. The fraction of sp³-hybridized carbons (Fsp3) is 0.438. The minimum atomic E-state index is -0.690. The van der Waals surface area contributed by atoms with Crippen molar-refractivity contribution in [3.63, 3.8) is 0 Å². The van der Waals surface area contributed by atoms with Crippen LogP contribution in [0.25, 0.3) is 11.0 Å². The molecule has 4 nitrogen and oxygen atoms in total. The van der Waals surface area contributed by atoms with Gasteiger partial charge in [-0.3, -0.25) is 9.69 Å². The largest absolute Gasteiger partial charge is 0.481 e. The fourth-order valence-electron chi connectivity index (χ4n) is 3.02. The first kappa shape index (κ1) is 13.2. The predicted octanol–water partition coefficient (Wildman–Crippen LogP) is 3.12. The van der Waals surface area contributed by atoms with Crippen molar-refractivity contribution in [2.75, 3.05) is 13.1 Å². The normalized spacial score (nSPS) is 19.7. The lowest BCUT2D eigenvalue weighted by Gasteiger charge is -2.14. The minimum Gasteiger partial charge on any atom is -0.481 e. The molecule has 0 amide bonds. The maximum absolute atomic E-state index is 10.6. The van der Waals surface area contributed by atoms with Crippen LogP contribution in [0.3, 0.4) is 0 Å². The molecule has 0 saturated carbocycles. The van der Waals surface area contributed by atoms with E-state index in [1.54, 1.807) is 0 Å². The number of benzene rings is 1. The molecule has 0 radical (unpaired) electrons. The van der Waals surface area contributed by atoms with E-state index in [9.17, 15) is 4.79 Å². The van der Waals surface area contributed by atoms with Gasteiger partial charge in [0.05, 0.1) is 6.26 Å². The number of fused-ring (bicyclic) bond motifs is 1. The van der Waals surface area contributed by atoms with Gasteiger partial charge in [-0.2, -0.15) is 0 Å². The summed E-state index contributed by atoms with van der Waals surface area (Å²) in [6.07, 6.45) is 4.02. The summed E-state index contributed by atoms with van der Waals surface area (Å²) < 4.78 is 5.56. The van der Waals surface area contributed by atoms with Crippen LogP contribution in [0.4, 0.5) is 0 Å². The number of para-hydroxylation sites is 1. The van der Waals surface area contributed by atoms with Gasteiger partial charge < -0.3 is 9.52 Å². The predicted molar refractivity (Wildman–Crippen MR) is 76.5 cm³/mol. The van der Waals surface area contributed by atoms with Crippen LogP contribution in [-0.4, -0.2) is 29.1 Å². The zero-order valence-electron chi connectivity index (χ0n) is 11.4. The average molecular weight is 273 g/mol. The van der Waals surface area contributed by atoms with Gasteiger partial charge in [0.15, 0.2) is 0 Å². The van der Waals surface area contributed by atoms with Gasteiger partial charge >= 0.3 is 5.97 Å². The lowest BCUT2D eigenvalue weighted by Crippen LogP contribution is -2.20. The molecule has 1 aliphatic heterocycles. The van der Waals surface area contributed by atoms with Gasteiger partial charge in [-0.05, 0) is 31.4 Å². The van der Waals surface area contributed by atoms with Crippen molar-refractivity contribution in [2.45, 2.75) is 25.8 Å². The second-order valence-corrected chi connectivity index (χ2v) is 5.58. The quantitative estimate of drug-likeness (QED) is 0.909. The van der Waals surface area contributed by atoms with E-state index in [1.807, 2.05) is 24.5 Å². The molecule has 1 saturated heterocycles. The SMILES string of the molecule is O=C(O)CCC1CCN(Cc2coc3ccccc23)C1.